The Morgan fingerprint density at radius 2 is 1.64 bits per heavy atom. The lowest BCUT2D eigenvalue weighted by Crippen LogP contribution is -2.59. The number of aryl methyl sites for hydroxylation is 1. The average Bonchev–Trinajstić information content (AvgIpc) is 3.77. The molecule has 0 unspecified atom stereocenters. The number of benzene rings is 3. The number of aliphatic hydroxyl groups is 1. The zero-order valence-electron chi connectivity index (χ0n) is 30.9. The summed E-state index contributed by atoms with van der Waals surface area (Å²) in [5, 5.41) is 21.5. The summed E-state index contributed by atoms with van der Waals surface area (Å²) in [5.74, 6) is -2.52. The summed E-state index contributed by atoms with van der Waals surface area (Å²) >= 11 is 1.40. The predicted molar refractivity (Wildman–Crippen MR) is 203 cm³/mol. The molecule has 53 heavy (non-hydrogen) atoms. The monoisotopic (exact) mass is 769 g/mol. The third-order valence-electron chi connectivity index (χ3n) is 9.34. The number of halogens is 2. The van der Waals surface area contributed by atoms with Gasteiger partial charge >= 0.3 is 0 Å². The quantitative estimate of drug-likeness (QED) is 0.119. The molecule has 0 spiro atoms. The molecule has 4 N–H and O–H groups in total. The van der Waals surface area contributed by atoms with Gasteiger partial charge in [-0.05, 0) is 79.0 Å². The van der Waals surface area contributed by atoms with E-state index in [9.17, 15) is 31.9 Å². The van der Waals surface area contributed by atoms with Crippen LogP contribution in [0.15, 0.2) is 71.6 Å². The maximum Gasteiger partial charge on any atom is 0.243 e. The Morgan fingerprint density at radius 3 is 2.25 bits per heavy atom. The van der Waals surface area contributed by atoms with E-state index in [0.717, 1.165) is 21.3 Å². The fourth-order valence-electron chi connectivity index (χ4n) is 6.42. The van der Waals surface area contributed by atoms with Gasteiger partial charge in [-0.1, -0.05) is 65.0 Å². The molecule has 1 aliphatic carbocycles. The highest BCUT2D eigenvalue weighted by atomic mass is 32.2. The van der Waals surface area contributed by atoms with E-state index in [1.54, 1.807) is 32.9 Å². The molecule has 0 aliphatic heterocycles. The largest absolute Gasteiger partial charge is 0.390 e. The summed E-state index contributed by atoms with van der Waals surface area (Å²) in [4.78, 5) is 31.9. The molecule has 14 heteroatoms. The number of nitrogens with zero attached hydrogens (tertiary/aromatic N) is 2. The highest BCUT2D eigenvalue weighted by Crippen LogP contribution is 2.45. The number of nitrogens with one attached hydrogen (secondary N) is 3. The minimum Gasteiger partial charge on any atom is -0.390 e. The lowest BCUT2D eigenvalue weighted by atomic mass is 9.85. The average molecular weight is 770 g/mol. The van der Waals surface area contributed by atoms with Crippen molar-refractivity contribution in [2.24, 2.45) is 11.3 Å². The van der Waals surface area contributed by atoms with E-state index < -0.39 is 62.6 Å². The van der Waals surface area contributed by atoms with Gasteiger partial charge in [-0.15, -0.1) is 11.3 Å². The van der Waals surface area contributed by atoms with E-state index >= 15 is 0 Å². The number of aliphatic hydroxyl groups excluding tert-OH is 1. The molecule has 1 heterocycles. The first-order valence-corrected chi connectivity index (χ1v) is 20.0. The van der Waals surface area contributed by atoms with Crippen molar-refractivity contribution in [2.45, 2.75) is 89.4 Å². The molecule has 1 aliphatic rings. The van der Waals surface area contributed by atoms with Gasteiger partial charge in [-0.2, -0.15) is 4.31 Å². The first-order chi connectivity index (χ1) is 24.9. The van der Waals surface area contributed by atoms with Crippen molar-refractivity contribution >= 4 is 43.4 Å². The van der Waals surface area contributed by atoms with Gasteiger partial charge in [0.25, 0.3) is 0 Å². The number of hydrogen-bond acceptors (Lipinski definition) is 8. The van der Waals surface area contributed by atoms with Gasteiger partial charge in [0.1, 0.15) is 17.7 Å². The Bertz CT molecular complexity index is 2010. The molecule has 3 aromatic carbocycles. The van der Waals surface area contributed by atoms with Gasteiger partial charge in [0, 0.05) is 24.7 Å². The normalized spacial score (nSPS) is 16.1. The summed E-state index contributed by atoms with van der Waals surface area (Å²) < 4.78 is 58.1. The van der Waals surface area contributed by atoms with Crippen molar-refractivity contribution in [1.82, 2.24) is 25.2 Å². The van der Waals surface area contributed by atoms with Crippen molar-refractivity contribution in [2.75, 3.05) is 19.6 Å². The Hall–Kier alpha value is -3.82. The molecule has 10 nitrogen and oxygen atoms in total. The first-order valence-electron chi connectivity index (χ1n) is 17.8. The van der Waals surface area contributed by atoms with Crippen LogP contribution in [0.4, 0.5) is 8.78 Å². The maximum absolute atomic E-state index is 14.1. The number of carbonyl (C=O) groups is 2. The number of carbonyl (C=O) groups excluding carboxylic acids is 2. The van der Waals surface area contributed by atoms with Crippen molar-refractivity contribution in [1.29, 1.82) is 0 Å². The second kappa shape index (κ2) is 16.3. The van der Waals surface area contributed by atoms with Gasteiger partial charge in [-0.3, -0.25) is 14.9 Å². The Kier molecular flexibility index (Phi) is 12.4. The summed E-state index contributed by atoms with van der Waals surface area (Å²) in [5.41, 5.74) is 0.422. The summed E-state index contributed by atoms with van der Waals surface area (Å²) in [6.07, 6.45) is 0.0405. The smallest absolute Gasteiger partial charge is 0.243 e. The summed E-state index contributed by atoms with van der Waals surface area (Å²) in [6.45, 7) is 10.7. The molecular formula is C39H49F2N5O5S2. The lowest BCUT2D eigenvalue weighted by Gasteiger charge is -2.34. The highest BCUT2D eigenvalue weighted by molar-refractivity contribution is 7.89. The van der Waals surface area contributed by atoms with Crippen molar-refractivity contribution in [3.63, 3.8) is 0 Å². The van der Waals surface area contributed by atoms with E-state index in [2.05, 4.69) is 20.9 Å². The zero-order valence-corrected chi connectivity index (χ0v) is 32.6. The van der Waals surface area contributed by atoms with Crippen LogP contribution < -0.4 is 16.0 Å². The molecule has 5 rings (SSSR count). The van der Waals surface area contributed by atoms with E-state index in [4.69, 9.17) is 0 Å². The molecule has 1 fully saturated rings. The van der Waals surface area contributed by atoms with Crippen LogP contribution in [0.3, 0.4) is 0 Å². The predicted octanol–water partition coefficient (Wildman–Crippen LogP) is 5.43. The first kappa shape index (κ1) is 40.4. The van der Waals surface area contributed by atoms with Crippen LogP contribution in [0.25, 0.3) is 10.2 Å². The van der Waals surface area contributed by atoms with Crippen molar-refractivity contribution < 1.29 is 31.9 Å². The molecule has 286 valence electrons. The number of amides is 2. The Morgan fingerprint density at radius 1 is 0.981 bits per heavy atom. The Labute approximate surface area is 314 Å². The van der Waals surface area contributed by atoms with Crippen LogP contribution in [0.5, 0.6) is 0 Å². The minimum atomic E-state index is -4.07. The fourth-order valence-corrected chi connectivity index (χ4v) is 9.01. The highest BCUT2D eigenvalue weighted by Gasteiger charge is 2.45. The van der Waals surface area contributed by atoms with Crippen LogP contribution in [0.1, 0.15) is 63.6 Å². The van der Waals surface area contributed by atoms with Gasteiger partial charge in [-0.25, -0.2) is 22.2 Å². The van der Waals surface area contributed by atoms with Crippen molar-refractivity contribution in [3.05, 3.63) is 94.5 Å². The standard InChI is InChI=1S/C39H49F2N5O5S2/c1-24(2)22-46(53(50,51)30-12-13-31-34(20-30)52-25(3)43-31)23-33(47)32(16-26-10-8-7-9-11-26)44-37(49)36(38(4,5)6)45-35(48)21-42-39(14-15-39)27-17-28(40)19-29(41)18-27/h7-13,17-20,24,32-33,36,42,47H,14-16,21-23H2,1-6H3,(H,44,49)(H,45,48)/t32-,33+,36+/m0/s1. The summed E-state index contributed by atoms with van der Waals surface area (Å²) in [6, 6.07) is 15.3. The number of fused-ring (bicyclic) bond motifs is 1. The zero-order chi connectivity index (χ0) is 38.7. The molecule has 0 radical (unpaired) electrons. The molecule has 0 saturated heterocycles. The van der Waals surface area contributed by atoms with Gasteiger partial charge in [0.15, 0.2) is 0 Å². The topological polar surface area (TPSA) is 141 Å². The van der Waals surface area contributed by atoms with E-state index in [1.807, 2.05) is 51.1 Å². The number of sulfonamides is 1. The van der Waals surface area contributed by atoms with Gasteiger partial charge < -0.3 is 15.7 Å². The molecule has 0 bridgehead atoms. The number of hydrogen-bond donors (Lipinski definition) is 4. The Balaban J connectivity index is 1.34. The number of thiazole rings is 1. The molecule has 4 aromatic rings. The molecular weight excluding hydrogens is 721 g/mol. The second-order valence-corrected chi connectivity index (χ2v) is 18.6. The lowest BCUT2D eigenvalue weighted by molar-refractivity contribution is -0.132. The number of aromatic nitrogens is 1. The van der Waals surface area contributed by atoms with E-state index in [0.29, 0.717) is 23.9 Å². The van der Waals surface area contributed by atoms with Crippen LogP contribution in [-0.4, -0.2) is 72.4 Å². The van der Waals surface area contributed by atoms with Crippen LogP contribution in [0, 0.1) is 29.9 Å². The van der Waals surface area contributed by atoms with Gasteiger partial charge in [0.05, 0.1) is 38.8 Å². The van der Waals surface area contributed by atoms with Crippen LogP contribution in [-0.2, 0) is 31.6 Å². The van der Waals surface area contributed by atoms with Crippen molar-refractivity contribution in [3.8, 4) is 0 Å². The van der Waals surface area contributed by atoms with Crippen LogP contribution >= 0.6 is 11.3 Å². The SMILES string of the molecule is Cc1nc2ccc(S(=O)(=O)N(CC(C)C)C[C@@H](O)[C@H](Cc3ccccc3)NC(=O)[C@@H](NC(=O)CNC3(c4cc(F)cc(F)c4)CC3)C(C)(C)C)cc2s1. The third-order valence-corrected chi connectivity index (χ3v) is 12.1. The van der Waals surface area contributed by atoms with Gasteiger partial charge in [0.2, 0.25) is 21.8 Å². The minimum absolute atomic E-state index is 0.0719. The fraction of sp³-hybridized carbons (Fsp3) is 0.462. The molecule has 3 atom stereocenters. The molecule has 1 aromatic heterocycles. The third kappa shape index (κ3) is 10.2. The second-order valence-electron chi connectivity index (χ2n) is 15.4. The summed E-state index contributed by atoms with van der Waals surface area (Å²) in [7, 11) is -4.07. The van der Waals surface area contributed by atoms with E-state index in [1.165, 1.54) is 33.8 Å². The van der Waals surface area contributed by atoms with Crippen LogP contribution in [0.2, 0.25) is 0 Å². The maximum atomic E-state index is 14.1. The molecule has 2 amide bonds. The molecule has 1 saturated carbocycles. The number of rotatable bonds is 16. The van der Waals surface area contributed by atoms with E-state index in [-0.39, 0.29) is 36.9 Å².